The predicted octanol–water partition coefficient (Wildman–Crippen LogP) is 1.43. The van der Waals surface area contributed by atoms with E-state index in [4.69, 9.17) is 0 Å². The van der Waals surface area contributed by atoms with Gasteiger partial charge in [-0.05, 0) is 38.0 Å². The van der Waals surface area contributed by atoms with Crippen LogP contribution in [0.3, 0.4) is 0 Å². The molecule has 1 unspecified atom stereocenters. The van der Waals surface area contributed by atoms with Gasteiger partial charge >= 0.3 is 0 Å². The summed E-state index contributed by atoms with van der Waals surface area (Å²) in [5.74, 6) is 1.13. The van der Waals surface area contributed by atoms with Crippen LogP contribution in [0.2, 0.25) is 0 Å². The summed E-state index contributed by atoms with van der Waals surface area (Å²) in [5.41, 5.74) is 0. The molecular formula is C12H22N2O. The molecule has 0 aromatic carbocycles. The molecule has 15 heavy (non-hydrogen) atoms. The van der Waals surface area contributed by atoms with Gasteiger partial charge < -0.3 is 10.6 Å². The topological polar surface area (TPSA) is 41.1 Å². The van der Waals surface area contributed by atoms with E-state index < -0.39 is 0 Å². The maximum absolute atomic E-state index is 11.0. The van der Waals surface area contributed by atoms with Gasteiger partial charge in [-0.3, -0.25) is 4.79 Å². The standard InChI is InChI=1S/C12H22N2O/c1-9-2-4-10(5-3-9)13-8-11-6-7-12(15)14-11/h9-11,13H,2-8H2,1H3,(H,14,15). The van der Waals surface area contributed by atoms with E-state index in [1.54, 1.807) is 0 Å². The number of rotatable bonds is 3. The molecule has 2 N–H and O–H groups in total. The van der Waals surface area contributed by atoms with Crippen LogP contribution in [0.15, 0.2) is 0 Å². The zero-order chi connectivity index (χ0) is 10.7. The molecule has 1 aliphatic heterocycles. The Morgan fingerprint density at radius 1 is 1.27 bits per heavy atom. The van der Waals surface area contributed by atoms with Crippen LogP contribution < -0.4 is 10.6 Å². The normalized spacial score (nSPS) is 36.6. The molecule has 0 aromatic heterocycles. The van der Waals surface area contributed by atoms with Gasteiger partial charge in [0.25, 0.3) is 0 Å². The monoisotopic (exact) mass is 210 g/mol. The molecule has 1 aliphatic carbocycles. The van der Waals surface area contributed by atoms with E-state index in [0.717, 1.165) is 18.9 Å². The molecule has 0 radical (unpaired) electrons. The lowest BCUT2D eigenvalue weighted by molar-refractivity contribution is -0.119. The molecule has 3 heteroatoms. The summed E-state index contributed by atoms with van der Waals surface area (Å²) in [6.45, 7) is 3.30. The van der Waals surface area contributed by atoms with Crippen LogP contribution in [0.25, 0.3) is 0 Å². The average Bonchev–Trinajstić information content (AvgIpc) is 2.64. The lowest BCUT2D eigenvalue weighted by Crippen LogP contribution is -2.41. The van der Waals surface area contributed by atoms with Crippen molar-refractivity contribution in [2.45, 2.75) is 57.5 Å². The van der Waals surface area contributed by atoms with Crippen molar-refractivity contribution < 1.29 is 4.79 Å². The maximum atomic E-state index is 11.0. The van der Waals surface area contributed by atoms with Crippen molar-refractivity contribution in [3.63, 3.8) is 0 Å². The van der Waals surface area contributed by atoms with Gasteiger partial charge in [0.2, 0.25) is 5.91 Å². The van der Waals surface area contributed by atoms with Crippen molar-refractivity contribution in [2.75, 3.05) is 6.54 Å². The van der Waals surface area contributed by atoms with Gasteiger partial charge in [0.1, 0.15) is 0 Å². The van der Waals surface area contributed by atoms with Crippen molar-refractivity contribution in [3.8, 4) is 0 Å². The first-order valence-corrected chi connectivity index (χ1v) is 6.27. The molecule has 2 rings (SSSR count). The molecule has 0 bridgehead atoms. The van der Waals surface area contributed by atoms with Crippen LogP contribution in [0.5, 0.6) is 0 Å². The minimum Gasteiger partial charge on any atom is -0.352 e. The molecule has 0 spiro atoms. The quantitative estimate of drug-likeness (QED) is 0.740. The third-order valence-electron chi connectivity index (χ3n) is 3.75. The summed E-state index contributed by atoms with van der Waals surface area (Å²) in [7, 11) is 0. The van der Waals surface area contributed by atoms with E-state index in [9.17, 15) is 4.79 Å². The lowest BCUT2D eigenvalue weighted by atomic mass is 9.87. The Labute approximate surface area is 92.0 Å². The highest BCUT2D eigenvalue weighted by molar-refractivity contribution is 5.78. The van der Waals surface area contributed by atoms with Gasteiger partial charge in [-0.25, -0.2) is 0 Å². The maximum Gasteiger partial charge on any atom is 0.220 e. The summed E-state index contributed by atoms with van der Waals surface area (Å²) in [6, 6.07) is 1.08. The minimum atomic E-state index is 0.221. The molecular weight excluding hydrogens is 188 g/mol. The zero-order valence-electron chi connectivity index (χ0n) is 9.59. The molecule has 86 valence electrons. The highest BCUT2D eigenvalue weighted by Crippen LogP contribution is 2.23. The molecule has 1 saturated heterocycles. The Bertz CT molecular complexity index is 222. The van der Waals surface area contributed by atoms with Gasteiger partial charge in [-0.1, -0.05) is 6.92 Å². The van der Waals surface area contributed by atoms with Crippen LogP contribution in [0.1, 0.15) is 45.4 Å². The molecule has 1 atom stereocenters. The van der Waals surface area contributed by atoms with Gasteiger partial charge in [-0.15, -0.1) is 0 Å². The Morgan fingerprint density at radius 2 is 2.00 bits per heavy atom. The minimum absolute atomic E-state index is 0.221. The van der Waals surface area contributed by atoms with Crippen molar-refractivity contribution in [3.05, 3.63) is 0 Å². The van der Waals surface area contributed by atoms with Gasteiger partial charge in [0.15, 0.2) is 0 Å². The fourth-order valence-electron chi connectivity index (χ4n) is 2.60. The number of carbonyl (C=O) groups excluding carboxylic acids is 1. The second-order valence-corrected chi connectivity index (χ2v) is 5.17. The summed E-state index contributed by atoms with van der Waals surface area (Å²) in [5, 5.41) is 6.59. The SMILES string of the molecule is CC1CCC(NCC2CCC(=O)N2)CC1. The van der Waals surface area contributed by atoms with Crippen molar-refractivity contribution in [2.24, 2.45) is 5.92 Å². The smallest absolute Gasteiger partial charge is 0.220 e. The van der Waals surface area contributed by atoms with Crippen LogP contribution in [0, 0.1) is 5.92 Å². The molecule has 0 aromatic rings. The van der Waals surface area contributed by atoms with Crippen LogP contribution >= 0.6 is 0 Å². The Kier molecular flexibility index (Phi) is 3.62. The molecule has 3 nitrogen and oxygen atoms in total. The molecule has 2 fully saturated rings. The van der Waals surface area contributed by atoms with E-state index in [1.807, 2.05) is 0 Å². The number of nitrogens with one attached hydrogen (secondary N) is 2. The second-order valence-electron chi connectivity index (χ2n) is 5.17. The van der Waals surface area contributed by atoms with E-state index in [0.29, 0.717) is 18.5 Å². The summed E-state index contributed by atoms with van der Waals surface area (Å²) >= 11 is 0. The Morgan fingerprint density at radius 3 is 2.60 bits per heavy atom. The van der Waals surface area contributed by atoms with Crippen LogP contribution in [-0.2, 0) is 4.79 Å². The largest absolute Gasteiger partial charge is 0.352 e. The Hall–Kier alpha value is -0.570. The van der Waals surface area contributed by atoms with E-state index in [-0.39, 0.29) is 5.91 Å². The van der Waals surface area contributed by atoms with Crippen LogP contribution in [0.4, 0.5) is 0 Å². The fraction of sp³-hybridized carbons (Fsp3) is 0.917. The second kappa shape index (κ2) is 4.97. The first kappa shape index (κ1) is 10.9. The molecule has 1 saturated carbocycles. The summed E-state index contributed by atoms with van der Waals surface area (Å²) in [6.07, 6.45) is 7.05. The number of hydrogen-bond donors (Lipinski definition) is 2. The van der Waals surface area contributed by atoms with Crippen molar-refractivity contribution in [1.29, 1.82) is 0 Å². The van der Waals surface area contributed by atoms with Gasteiger partial charge in [-0.2, -0.15) is 0 Å². The number of carbonyl (C=O) groups is 1. The van der Waals surface area contributed by atoms with Crippen molar-refractivity contribution in [1.82, 2.24) is 10.6 Å². The highest BCUT2D eigenvalue weighted by atomic mass is 16.1. The Balaban J connectivity index is 1.63. The third kappa shape index (κ3) is 3.20. The fourth-order valence-corrected chi connectivity index (χ4v) is 2.60. The molecule has 1 amide bonds. The van der Waals surface area contributed by atoms with Gasteiger partial charge in [0.05, 0.1) is 0 Å². The first-order chi connectivity index (χ1) is 7.24. The van der Waals surface area contributed by atoms with Crippen LogP contribution in [-0.4, -0.2) is 24.5 Å². The van der Waals surface area contributed by atoms with E-state index in [1.165, 1.54) is 25.7 Å². The van der Waals surface area contributed by atoms with Gasteiger partial charge in [0, 0.05) is 25.0 Å². The van der Waals surface area contributed by atoms with E-state index in [2.05, 4.69) is 17.6 Å². The third-order valence-corrected chi connectivity index (χ3v) is 3.75. The van der Waals surface area contributed by atoms with E-state index >= 15 is 0 Å². The summed E-state index contributed by atoms with van der Waals surface area (Å²) < 4.78 is 0. The number of hydrogen-bond acceptors (Lipinski definition) is 2. The zero-order valence-corrected chi connectivity index (χ0v) is 9.59. The predicted molar refractivity (Wildman–Crippen MR) is 60.6 cm³/mol. The molecule has 2 aliphatic rings. The highest BCUT2D eigenvalue weighted by Gasteiger charge is 2.23. The van der Waals surface area contributed by atoms with Crippen molar-refractivity contribution >= 4 is 5.91 Å². The summed E-state index contributed by atoms with van der Waals surface area (Å²) in [4.78, 5) is 11.0. The number of amides is 1. The molecule has 1 heterocycles. The lowest BCUT2D eigenvalue weighted by Gasteiger charge is -2.28. The first-order valence-electron chi connectivity index (χ1n) is 6.27. The average molecular weight is 210 g/mol.